The first-order valence-corrected chi connectivity index (χ1v) is 4.57. The number of hydrogen-bond acceptors (Lipinski definition) is 3. The molecule has 0 aliphatic carbocycles. The maximum atomic E-state index is 10.7. The van der Waals surface area contributed by atoms with E-state index in [1.54, 1.807) is 0 Å². The van der Waals surface area contributed by atoms with Gasteiger partial charge < -0.3 is 15.5 Å². The Labute approximate surface area is 63.2 Å². The fraction of sp³-hybridized carbons (Fsp3) is 0.750. The van der Waals surface area contributed by atoms with Crippen molar-refractivity contribution < 1.29 is 19.1 Å². The molecule has 6 nitrogen and oxygen atoms in total. The van der Waals surface area contributed by atoms with E-state index >= 15 is 0 Å². The predicted octanol–water partition coefficient (Wildman–Crippen LogP) is -1.36. The first kappa shape index (κ1) is 8.67. The van der Waals surface area contributed by atoms with E-state index < -0.39 is 25.7 Å². The SMILES string of the molecule is C[C@H]1[C@H](N)C(=O)N1P(=O)(O)O. The summed E-state index contributed by atoms with van der Waals surface area (Å²) in [6.45, 7) is 1.49. The van der Waals surface area contributed by atoms with Crippen LogP contribution in [0.4, 0.5) is 0 Å². The van der Waals surface area contributed by atoms with E-state index in [-0.39, 0.29) is 0 Å². The number of carbonyl (C=O) groups excluding carboxylic acids is 1. The van der Waals surface area contributed by atoms with Gasteiger partial charge in [0.15, 0.2) is 0 Å². The quantitative estimate of drug-likeness (QED) is 0.341. The minimum atomic E-state index is -4.42. The summed E-state index contributed by atoms with van der Waals surface area (Å²) in [6, 6.07) is -1.33. The lowest BCUT2D eigenvalue weighted by molar-refractivity contribution is -0.141. The van der Waals surface area contributed by atoms with Crippen molar-refractivity contribution in [2.75, 3.05) is 0 Å². The Bertz CT molecular complexity index is 236. The average molecular weight is 180 g/mol. The summed E-state index contributed by atoms with van der Waals surface area (Å²) in [5.74, 6) is -0.689. The number of β-lactam (4-membered cyclic amide) rings is 1. The van der Waals surface area contributed by atoms with Crippen molar-refractivity contribution in [2.24, 2.45) is 5.73 Å². The Kier molecular flexibility index (Phi) is 1.80. The average Bonchev–Trinajstić information content (AvgIpc) is 1.85. The van der Waals surface area contributed by atoms with Crippen LogP contribution in [0.15, 0.2) is 0 Å². The van der Waals surface area contributed by atoms with Crippen molar-refractivity contribution in [3.63, 3.8) is 0 Å². The van der Waals surface area contributed by atoms with E-state index in [0.29, 0.717) is 4.67 Å². The molecule has 1 fully saturated rings. The van der Waals surface area contributed by atoms with Crippen LogP contribution in [-0.2, 0) is 9.36 Å². The molecule has 1 rings (SSSR count). The maximum Gasteiger partial charge on any atom is 0.432 e. The van der Waals surface area contributed by atoms with Crippen molar-refractivity contribution in [1.29, 1.82) is 0 Å². The molecule has 7 heteroatoms. The molecule has 0 unspecified atom stereocenters. The topological polar surface area (TPSA) is 104 Å². The van der Waals surface area contributed by atoms with Gasteiger partial charge in [0, 0.05) is 0 Å². The standard InChI is InChI=1S/C4H9N2O4P/c1-2-3(5)4(7)6(2)11(8,9)10/h2-3H,5H2,1H3,(H2,8,9,10)/t2-,3-/m0/s1. The predicted molar refractivity (Wildman–Crippen MR) is 36.3 cm³/mol. The van der Waals surface area contributed by atoms with Gasteiger partial charge in [-0.3, -0.25) is 4.79 Å². The molecule has 1 saturated heterocycles. The maximum absolute atomic E-state index is 10.7. The Hall–Kier alpha value is -0.420. The van der Waals surface area contributed by atoms with Crippen LogP contribution in [0, 0.1) is 0 Å². The van der Waals surface area contributed by atoms with E-state index in [1.165, 1.54) is 6.92 Å². The first-order valence-electron chi connectivity index (χ1n) is 3.00. The highest BCUT2D eigenvalue weighted by Crippen LogP contribution is 2.46. The first-order chi connectivity index (χ1) is 4.85. The van der Waals surface area contributed by atoms with Gasteiger partial charge in [-0.25, -0.2) is 9.24 Å². The molecule has 1 aliphatic heterocycles. The van der Waals surface area contributed by atoms with E-state index in [4.69, 9.17) is 15.5 Å². The van der Waals surface area contributed by atoms with Gasteiger partial charge in [-0.15, -0.1) is 0 Å². The highest BCUT2D eigenvalue weighted by Gasteiger charge is 2.50. The molecule has 1 heterocycles. The van der Waals surface area contributed by atoms with Crippen LogP contribution < -0.4 is 5.73 Å². The number of carbonyl (C=O) groups is 1. The third kappa shape index (κ3) is 1.18. The molecule has 1 amide bonds. The summed E-state index contributed by atoms with van der Waals surface area (Å²) in [5.41, 5.74) is 5.22. The van der Waals surface area contributed by atoms with Crippen LogP contribution in [-0.4, -0.2) is 32.4 Å². The minimum Gasteiger partial charge on any atom is -0.318 e. The van der Waals surface area contributed by atoms with Crippen molar-refractivity contribution in [1.82, 2.24) is 4.67 Å². The van der Waals surface area contributed by atoms with Gasteiger partial charge in [0.05, 0.1) is 6.04 Å². The Morgan fingerprint density at radius 3 is 2.27 bits per heavy atom. The van der Waals surface area contributed by atoms with Crippen molar-refractivity contribution >= 4 is 13.7 Å². The van der Waals surface area contributed by atoms with Crippen LogP contribution in [0.1, 0.15) is 6.92 Å². The molecule has 0 radical (unpaired) electrons. The lowest BCUT2D eigenvalue weighted by Crippen LogP contribution is -2.65. The number of amides is 1. The summed E-state index contributed by atoms with van der Waals surface area (Å²) < 4.78 is 11.0. The molecular formula is C4H9N2O4P. The van der Waals surface area contributed by atoms with Crippen LogP contribution in [0.25, 0.3) is 0 Å². The fourth-order valence-corrected chi connectivity index (χ4v) is 2.00. The number of rotatable bonds is 1. The van der Waals surface area contributed by atoms with Gasteiger partial charge in [-0.1, -0.05) is 0 Å². The van der Waals surface area contributed by atoms with Gasteiger partial charge >= 0.3 is 7.75 Å². The van der Waals surface area contributed by atoms with E-state index in [1.807, 2.05) is 0 Å². The molecule has 11 heavy (non-hydrogen) atoms. The molecule has 0 aromatic rings. The second kappa shape index (κ2) is 2.28. The fourth-order valence-electron chi connectivity index (χ4n) is 0.995. The second-order valence-corrected chi connectivity index (χ2v) is 3.92. The molecule has 0 bridgehead atoms. The lowest BCUT2D eigenvalue weighted by atomic mass is 10.0. The molecule has 0 aromatic heterocycles. The molecular weight excluding hydrogens is 171 g/mol. The summed E-state index contributed by atoms with van der Waals surface area (Å²) >= 11 is 0. The lowest BCUT2D eigenvalue weighted by Gasteiger charge is -2.42. The van der Waals surface area contributed by atoms with Crippen molar-refractivity contribution in [3.05, 3.63) is 0 Å². The second-order valence-electron chi connectivity index (χ2n) is 2.46. The van der Waals surface area contributed by atoms with Crippen LogP contribution in [0.3, 0.4) is 0 Å². The van der Waals surface area contributed by atoms with Gasteiger partial charge in [-0.2, -0.15) is 0 Å². The summed E-state index contributed by atoms with van der Waals surface area (Å²) in [4.78, 5) is 27.8. The molecule has 64 valence electrons. The van der Waals surface area contributed by atoms with Gasteiger partial charge in [-0.05, 0) is 6.92 Å². The van der Waals surface area contributed by atoms with Crippen molar-refractivity contribution in [3.8, 4) is 0 Å². The Morgan fingerprint density at radius 2 is 2.09 bits per heavy atom. The zero-order chi connectivity index (χ0) is 8.81. The van der Waals surface area contributed by atoms with Gasteiger partial charge in [0.2, 0.25) is 0 Å². The summed E-state index contributed by atoms with van der Waals surface area (Å²) in [6.07, 6.45) is 0. The molecule has 4 N–H and O–H groups in total. The van der Waals surface area contributed by atoms with Gasteiger partial charge in [0.1, 0.15) is 6.04 Å². The largest absolute Gasteiger partial charge is 0.432 e. The Morgan fingerprint density at radius 1 is 1.64 bits per heavy atom. The molecule has 0 aromatic carbocycles. The summed E-state index contributed by atoms with van der Waals surface area (Å²) in [7, 11) is -4.42. The zero-order valence-corrected chi connectivity index (χ0v) is 6.73. The molecule has 2 atom stereocenters. The molecule has 1 aliphatic rings. The van der Waals surface area contributed by atoms with E-state index in [0.717, 1.165) is 0 Å². The molecule has 0 spiro atoms. The van der Waals surface area contributed by atoms with Crippen molar-refractivity contribution in [2.45, 2.75) is 19.0 Å². The summed E-state index contributed by atoms with van der Waals surface area (Å²) in [5, 5.41) is 0. The van der Waals surface area contributed by atoms with E-state index in [9.17, 15) is 9.36 Å². The van der Waals surface area contributed by atoms with Crippen LogP contribution in [0.5, 0.6) is 0 Å². The van der Waals surface area contributed by atoms with Crippen LogP contribution in [0.2, 0.25) is 0 Å². The number of nitrogens with zero attached hydrogens (tertiary/aromatic N) is 1. The number of hydrogen-bond donors (Lipinski definition) is 3. The molecule has 0 saturated carbocycles. The van der Waals surface area contributed by atoms with Gasteiger partial charge in [0.25, 0.3) is 5.91 Å². The highest BCUT2D eigenvalue weighted by molar-refractivity contribution is 7.50. The third-order valence-electron chi connectivity index (χ3n) is 1.70. The number of nitrogens with two attached hydrogens (primary N) is 1. The monoisotopic (exact) mass is 180 g/mol. The smallest absolute Gasteiger partial charge is 0.318 e. The Balaban J connectivity index is 2.79. The van der Waals surface area contributed by atoms with Crippen LogP contribution >= 0.6 is 7.75 Å². The third-order valence-corrected chi connectivity index (χ3v) is 2.82. The highest BCUT2D eigenvalue weighted by atomic mass is 31.2. The minimum absolute atomic E-state index is 0.498. The zero-order valence-electron chi connectivity index (χ0n) is 5.84. The normalized spacial score (nSPS) is 32.0. The van der Waals surface area contributed by atoms with E-state index in [2.05, 4.69) is 0 Å².